The number of ketones is 1. The number of carbonyl (C=O) groups is 1. The molecule has 2 nitrogen and oxygen atoms in total. The molecule has 0 atom stereocenters. The highest BCUT2D eigenvalue weighted by molar-refractivity contribution is 5.99. The highest BCUT2D eigenvalue weighted by atomic mass is 16.1. The van der Waals surface area contributed by atoms with Crippen LogP contribution in [0.2, 0.25) is 0 Å². The van der Waals surface area contributed by atoms with Crippen LogP contribution >= 0.6 is 0 Å². The molecule has 1 aromatic rings. The number of carbonyl (C=O) groups excluding carboxylic acids is 1. The third kappa shape index (κ3) is 2.08. The Bertz CT molecular complexity index is 329. The number of rotatable bonds is 2. The van der Waals surface area contributed by atoms with Crippen molar-refractivity contribution in [1.82, 2.24) is 0 Å². The first kappa shape index (κ1) is 9.78. The van der Waals surface area contributed by atoms with Gasteiger partial charge >= 0.3 is 0 Å². The van der Waals surface area contributed by atoms with Gasteiger partial charge in [-0.05, 0) is 26.0 Å². The molecule has 0 N–H and O–H groups in total. The van der Waals surface area contributed by atoms with E-state index in [2.05, 4.69) is 0 Å². The third-order valence-corrected chi connectivity index (χ3v) is 2.01. The van der Waals surface area contributed by atoms with E-state index in [1.807, 2.05) is 44.1 Å². The van der Waals surface area contributed by atoms with Crippen molar-refractivity contribution in [2.75, 3.05) is 19.0 Å². The van der Waals surface area contributed by atoms with Gasteiger partial charge in [0.15, 0.2) is 5.78 Å². The van der Waals surface area contributed by atoms with Gasteiger partial charge in [-0.25, -0.2) is 0 Å². The summed E-state index contributed by atoms with van der Waals surface area (Å²) >= 11 is 0. The number of nitrogens with zero attached hydrogens (tertiary/aromatic N) is 1. The van der Waals surface area contributed by atoms with Crippen molar-refractivity contribution in [3.63, 3.8) is 0 Å². The molecule has 0 radical (unpaired) electrons. The molecule has 0 aliphatic carbocycles. The van der Waals surface area contributed by atoms with E-state index in [1.54, 1.807) is 6.92 Å². The fourth-order valence-corrected chi connectivity index (χ4v) is 1.32. The highest BCUT2D eigenvalue weighted by Gasteiger charge is 2.08. The summed E-state index contributed by atoms with van der Waals surface area (Å²) in [7, 11) is 3.88. The molecular weight excluding hydrogens is 162 g/mol. The second kappa shape index (κ2) is 3.60. The smallest absolute Gasteiger partial charge is 0.161 e. The average Bonchev–Trinajstić information content (AvgIpc) is 2.03. The fourth-order valence-electron chi connectivity index (χ4n) is 1.32. The molecule has 1 rings (SSSR count). The number of Topliss-reactive ketones (excluding diaryl/α,β-unsaturated/α-hetero) is 1. The zero-order chi connectivity index (χ0) is 10.0. The van der Waals surface area contributed by atoms with Crippen LogP contribution in [0.15, 0.2) is 18.2 Å². The quantitative estimate of drug-likeness (QED) is 0.646. The zero-order valence-corrected chi connectivity index (χ0v) is 8.59. The Morgan fingerprint density at radius 3 is 2.38 bits per heavy atom. The topological polar surface area (TPSA) is 20.3 Å². The van der Waals surface area contributed by atoms with Crippen molar-refractivity contribution < 1.29 is 4.79 Å². The van der Waals surface area contributed by atoms with Crippen molar-refractivity contribution in [1.29, 1.82) is 0 Å². The van der Waals surface area contributed by atoms with E-state index in [9.17, 15) is 4.79 Å². The van der Waals surface area contributed by atoms with Crippen LogP contribution in [0.3, 0.4) is 0 Å². The molecule has 0 aliphatic heterocycles. The summed E-state index contributed by atoms with van der Waals surface area (Å²) < 4.78 is 0. The lowest BCUT2D eigenvalue weighted by Crippen LogP contribution is -2.13. The second-order valence-corrected chi connectivity index (χ2v) is 3.47. The maximum atomic E-state index is 11.3. The van der Waals surface area contributed by atoms with Crippen LogP contribution in [-0.4, -0.2) is 19.9 Å². The van der Waals surface area contributed by atoms with E-state index in [-0.39, 0.29) is 5.78 Å². The van der Waals surface area contributed by atoms with Gasteiger partial charge in [0.05, 0.1) is 0 Å². The van der Waals surface area contributed by atoms with Gasteiger partial charge in [0, 0.05) is 25.3 Å². The molecule has 0 spiro atoms. The third-order valence-electron chi connectivity index (χ3n) is 2.01. The lowest BCUT2D eigenvalue weighted by molar-refractivity contribution is 0.101. The Labute approximate surface area is 79.2 Å². The Morgan fingerprint density at radius 2 is 1.92 bits per heavy atom. The first-order valence-electron chi connectivity index (χ1n) is 4.31. The standard InChI is InChI=1S/C11H15NO/c1-8-5-6-11(12(3)4)10(7-8)9(2)13/h5-7H,1-4H3. The summed E-state index contributed by atoms with van der Waals surface area (Å²) in [5.41, 5.74) is 2.90. The summed E-state index contributed by atoms with van der Waals surface area (Å²) in [4.78, 5) is 13.3. The van der Waals surface area contributed by atoms with Crippen molar-refractivity contribution in [2.45, 2.75) is 13.8 Å². The van der Waals surface area contributed by atoms with Gasteiger partial charge in [-0.2, -0.15) is 0 Å². The Kier molecular flexibility index (Phi) is 2.71. The summed E-state index contributed by atoms with van der Waals surface area (Å²) in [6.07, 6.45) is 0. The highest BCUT2D eigenvalue weighted by Crippen LogP contribution is 2.20. The van der Waals surface area contributed by atoms with E-state index in [4.69, 9.17) is 0 Å². The van der Waals surface area contributed by atoms with E-state index in [1.165, 1.54) is 0 Å². The summed E-state index contributed by atoms with van der Waals surface area (Å²) in [6, 6.07) is 5.92. The molecule has 70 valence electrons. The summed E-state index contributed by atoms with van der Waals surface area (Å²) in [5.74, 6) is 0.118. The molecule has 0 heterocycles. The maximum Gasteiger partial charge on any atom is 0.161 e. The molecule has 0 aliphatic rings. The monoisotopic (exact) mass is 177 g/mol. The Balaban J connectivity index is 3.27. The average molecular weight is 177 g/mol. The van der Waals surface area contributed by atoms with E-state index < -0.39 is 0 Å². The number of hydrogen-bond acceptors (Lipinski definition) is 2. The van der Waals surface area contributed by atoms with Crippen LogP contribution in [0.1, 0.15) is 22.8 Å². The lowest BCUT2D eigenvalue weighted by Gasteiger charge is -2.16. The van der Waals surface area contributed by atoms with E-state index in [0.29, 0.717) is 0 Å². The Hall–Kier alpha value is -1.31. The molecule has 0 unspecified atom stereocenters. The first-order chi connectivity index (χ1) is 6.02. The zero-order valence-electron chi connectivity index (χ0n) is 8.59. The molecule has 1 aromatic carbocycles. The van der Waals surface area contributed by atoms with E-state index >= 15 is 0 Å². The minimum absolute atomic E-state index is 0.118. The van der Waals surface area contributed by atoms with Gasteiger partial charge in [0.25, 0.3) is 0 Å². The molecule has 0 saturated carbocycles. The van der Waals surface area contributed by atoms with Crippen molar-refractivity contribution in [2.24, 2.45) is 0 Å². The minimum Gasteiger partial charge on any atom is -0.377 e. The van der Waals surface area contributed by atoms with Gasteiger partial charge in [0.2, 0.25) is 0 Å². The van der Waals surface area contributed by atoms with Gasteiger partial charge in [-0.3, -0.25) is 4.79 Å². The molecule has 2 heteroatoms. The van der Waals surface area contributed by atoms with Gasteiger partial charge in [-0.1, -0.05) is 11.6 Å². The SMILES string of the molecule is CC(=O)c1cc(C)ccc1N(C)C. The van der Waals surface area contributed by atoms with Crippen LogP contribution in [0.5, 0.6) is 0 Å². The maximum absolute atomic E-state index is 11.3. The number of aryl methyl sites for hydroxylation is 1. The summed E-state index contributed by atoms with van der Waals surface area (Å²) in [5, 5.41) is 0. The predicted octanol–water partition coefficient (Wildman–Crippen LogP) is 2.26. The van der Waals surface area contributed by atoms with Crippen molar-refractivity contribution in [3.05, 3.63) is 29.3 Å². The Morgan fingerprint density at radius 1 is 1.31 bits per heavy atom. The first-order valence-corrected chi connectivity index (χ1v) is 4.31. The van der Waals surface area contributed by atoms with Crippen LogP contribution in [0, 0.1) is 6.92 Å². The number of benzene rings is 1. The largest absolute Gasteiger partial charge is 0.377 e. The van der Waals surface area contributed by atoms with E-state index in [0.717, 1.165) is 16.8 Å². The summed E-state index contributed by atoms with van der Waals surface area (Å²) in [6.45, 7) is 3.59. The number of hydrogen-bond donors (Lipinski definition) is 0. The van der Waals surface area contributed by atoms with Crippen molar-refractivity contribution in [3.8, 4) is 0 Å². The molecule has 0 fully saturated rings. The molecule has 0 amide bonds. The van der Waals surface area contributed by atoms with Crippen molar-refractivity contribution >= 4 is 11.5 Å². The van der Waals surface area contributed by atoms with Gasteiger partial charge in [-0.15, -0.1) is 0 Å². The second-order valence-electron chi connectivity index (χ2n) is 3.47. The molecule has 0 bridgehead atoms. The predicted molar refractivity (Wildman–Crippen MR) is 55.5 cm³/mol. The van der Waals surface area contributed by atoms with Crippen LogP contribution in [0.4, 0.5) is 5.69 Å². The normalized spacial score (nSPS) is 9.85. The molecule has 0 aromatic heterocycles. The molecule has 13 heavy (non-hydrogen) atoms. The number of anilines is 1. The van der Waals surface area contributed by atoms with Gasteiger partial charge in [0.1, 0.15) is 0 Å². The van der Waals surface area contributed by atoms with Crippen LogP contribution in [0.25, 0.3) is 0 Å². The fraction of sp³-hybridized carbons (Fsp3) is 0.364. The lowest BCUT2D eigenvalue weighted by atomic mass is 10.1. The van der Waals surface area contributed by atoms with Gasteiger partial charge < -0.3 is 4.90 Å². The van der Waals surface area contributed by atoms with Crippen LogP contribution in [-0.2, 0) is 0 Å². The minimum atomic E-state index is 0.118. The molecular formula is C11H15NO. The molecule has 0 saturated heterocycles. The van der Waals surface area contributed by atoms with Crippen LogP contribution < -0.4 is 4.90 Å².